The number of carbonyl (C=O) groups excluding carboxylic acids is 3. The molecule has 1 aliphatic heterocycles. The first-order chi connectivity index (χ1) is 14.6. The summed E-state index contributed by atoms with van der Waals surface area (Å²) in [6.07, 6.45) is 3.54. The number of ether oxygens (including phenoxy) is 3. The number of hydrogen-bond acceptors (Lipinski definition) is 9. The van der Waals surface area contributed by atoms with Crippen molar-refractivity contribution in [3.05, 3.63) is 46.0 Å². The van der Waals surface area contributed by atoms with Crippen molar-refractivity contribution in [1.29, 1.82) is 0 Å². The number of rotatable bonds is 2. The Hall–Kier alpha value is -2.78. The van der Waals surface area contributed by atoms with Crippen LogP contribution in [0.1, 0.15) is 44.3 Å². The van der Waals surface area contributed by atoms with E-state index in [2.05, 4.69) is 4.98 Å². The average Bonchev–Trinajstić information content (AvgIpc) is 3.08. The minimum atomic E-state index is -1.20. The van der Waals surface area contributed by atoms with Crippen LogP contribution in [-0.2, 0) is 28.6 Å². The van der Waals surface area contributed by atoms with Gasteiger partial charge in [0.15, 0.2) is 0 Å². The fraction of sp³-hybridized carbons (Fsp3) is 0.455. The number of aromatic nitrogens is 1. The van der Waals surface area contributed by atoms with Gasteiger partial charge < -0.3 is 19.3 Å². The van der Waals surface area contributed by atoms with Crippen LogP contribution in [0.4, 0.5) is 0 Å². The summed E-state index contributed by atoms with van der Waals surface area (Å²) in [5.41, 5.74) is 1.49. The molecule has 1 aromatic rings. The molecule has 1 N–H and O–H groups in total. The predicted molar refractivity (Wildman–Crippen MR) is 115 cm³/mol. The molecule has 0 saturated carbocycles. The Morgan fingerprint density at radius 3 is 2.55 bits per heavy atom. The van der Waals surface area contributed by atoms with E-state index < -0.39 is 42.3 Å². The lowest BCUT2D eigenvalue weighted by Gasteiger charge is -2.19. The predicted octanol–water partition coefficient (Wildman–Crippen LogP) is 2.90. The van der Waals surface area contributed by atoms with Gasteiger partial charge in [0.25, 0.3) is 0 Å². The minimum absolute atomic E-state index is 0.153. The Morgan fingerprint density at radius 1 is 1.16 bits per heavy atom. The van der Waals surface area contributed by atoms with Gasteiger partial charge in [-0.25, -0.2) is 14.6 Å². The van der Waals surface area contributed by atoms with Crippen LogP contribution in [0.25, 0.3) is 6.08 Å². The first-order valence-electron chi connectivity index (χ1n) is 9.88. The number of hydrogen-bond donors (Lipinski definition) is 1. The topological polar surface area (TPSA) is 112 Å². The Labute approximate surface area is 185 Å². The van der Waals surface area contributed by atoms with Gasteiger partial charge in [0.2, 0.25) is 0 Å². The van der Waals surface area contributed by atoms with E-state index in [1.807, 2.05) is 18.4 Å². The van der Waals surface area contributed by atoms with Crippen molar-refractivity contribution < 1.29 is 33.7 Å². The standard InChI is InChI=1S/C22H27NO7S/c1-13(10-17-12-31-16(4)23-17)19-6-5-7-20(25)28-14(2)11-22(27)29-15(3)18(24)8-9-21(26)30-19/h5,7-10,12,14-15,18-19,24H,6,11H2,1-4H3/b7-5+,9-8+,13-10+/t14-,15-,18+,19?/m0/s1. The zero-order valence-corrected chi connectivity index (χ0v) is 18.8. The molecule has 4 atom stereocenters. The second-order valence-corrected chi connectivity index (χ2v) is 8.30. The van der Waals surface area contributed by atoms with E-state index in [0.717, 1.165) is 22.4 Å². The van der Waals surface area contributed by atoms with Crippen LogP contribution < -0.4 is 0 Å². The van der Waals surface area contributed by atoms with Gasteiger partial charge in [-0.3, -0.25) is 4.79 Å². The van der Waals surface area contributed by atoms with E-state index in [4.69, 9.17) is 14.2 Å². The number of nitrogens with zero attached hydrogens (tertiary/aromatic N) is 1. The van der Waals surface area contributed by atoms with Crippen LogP contribution in [0.15, 0.2) is 35.3 Å². The van der Waals surface area contributed by atoms with E-state index in [-0.39, 0.29) is 12.8 Å². The van der Waals surface area contributed by atoms with Crippen molar-refractivity contribution in [3.8, 4) is 0 Å². The van der Waals surface area contributed by atoms with E-state index in [1.54, 1.807) is 19.9 Å². The molecule has 1 aliphatic rings. The van der Waals surface area contributed by atoms with Crippen molar-refractivity contribution in [2.24, 2.45) is 0 Å². The Bertz CT molecular complexity index is 886. The van der Waals surface area contributed by atoms with E-state index in [9.17, 15) is 19.5 Å². The molecular formula is C22H27NO7S. The highest BCUT2D eigenvalue weighted by atomic mass is 32.1. The molecule has 0 radical (unpaired) electrons. The van der Waals surface area contributed by atoms with Gasteiger partial charge in [-0.2, -0.15) is 0 Å². The Kier molecular flexibility index (Phi) is 9.14. The summed E-state index contributed by atoms with van der Waals surface area (Å²) in [7, 11) is 0. The number of thiazole rings is 1. The number of aliphatic hydroxyl groups excluding tert-OH is 1. The van der Waals surface area contributed by atoms with Gasteiger partial charge in [-0.05, 0) is 45.4 Å². The molecular weight excluding hydrogens is 422 g/mol. The van der Waals surface area contributed by atoms with Crippen molar-refractivity contribution in [1.82, 2.24) is 4.98 Å². The maximum Gasteiger partial charge on any atom is 0.331 e. The van der Waals surface area contributed by atoms with Crippen LogP contribution >= 0.6 is 11.3 Å². The second kappa shape index (κ2) is 11.6. The van der Waals surface area contributed by atoms with Crippen LogP contribution in [0.3, 0.4) is 0 Å². The normalized spacial score (nSPS) is 28.9. The summed E-state index contributed by atoms with van der Waals surface area (Å²) in [5, 5.41) is 12.9. The molecule has 31 heavy (non-hydrogen) atoms. The molecule has 8 nitrogen and oxygen atoms in total. The fourth-order valence-electron chi connectivity index (χ4n) is 2.74. The van der Waals surface area contributed by atoms with Crippen LogP contribution in [0.2, 0.25) is 0 Å². The summed E-state index contributed by atoms with van der Waals surface area (Å²) >= 11 is 1.51. The van der Waals surface area contributed by atoms with Gasteiger partial charge in [0.1, 0.15) is 24.4 Å². The first kappa shape index (κ1) is 24.5. The maximum absolute atomic E-state index is 12.3. The number of aryl methyl sites for hydroxylation is 1. The first-order valence-corrected chi connectivity index (χ1v) is 10.8. The van der Waals surface area contributed by atoms with E-state index in [0.29, 0.717) is 0 Å². The molecule has 0 bridgehead atoms. The molecule has 1 aromatic heterocycles. The van der Waals surface area contributed by atoms with E-state index >= 15 is 0 Å². The molecule has 1 unspecified atom stereocenters. The average molecular weight is 450 g/mol. The highest BCUT2D eigenvalue weighted by Gasteiger charge is 2.21. The molecule has 2 heterocycles. The van der Waals surface area contributed by atoms with Crippen molar-refractivity contribution in [3.63, 3.8) is 0 Å². The zero-order valence-electron chi connectivity index (χ0n) is 17.9. The SMILES string of the molecule is C/C(=C\c1csc(C)n1)C1C/C=C/C(=O)O[C@@H](C)CC(=O)O[C@@H](C)[C@H](O)/C=C/C(=O)O1. The Balaban J connectivity index is 2.24. The van der Waals surface area contributed by atoms with Crippen LogP contribution in [0.5, 0.6) is 0 Å². The molecule has 0 fully saturated rings. The summed E-state index contributed by atoms with van der Waals surface area (Å²) in [5.74, 6) is -1.93. The summed E-state index contributed by atoms with van der Waals surface area (Å²) in [6, 6.07) is 0. The number of carbonyl (C=O) groups is 3. The van der Waals surface area contributed by atoms with Gasteiger partial charge in [0.05, 0.1) is 17.1 Å². The molecule has 0 aliphatic carbocycles. The lowest BCUT2D eigenvalue weighted by atomic mass is 10.1. The molecule has 0 saturated heterocycles. The smallest absolute Gasteiger partial charge is 0.331 e. The highest BCUT2D eigenvalue weighted by Crippen LogP contribution is 2.18. The highest BCUT2D eigenvalue weighted by molar-refractivity contribution is 7.09. The molecule has 2 rings (SSSR count). The van der Waals surface area contributed by atoms with Crippen LogP contribution in [-0.4, -0.2) is 52.4 Å². The third-order valence-electron chi connectivity index (χ3n) is 4.38. The van der Waals surface area contributed by atoms with Crippen LogP contribution in [0, 0.1) is 6.92 Å². The fourth-order valence-corrected chi connectivity index (χ4v) is 3.31. The van der Waals surface area contributed by atoms with Crippen molar-refractivity contribution in [2.75, 3.05) is 0 Å². The quantitative estimate of drug-likeness (QED) is 0.542. The second-order valence-electron chi connectivity index (χ2n) is 7.24. The van der Waals surface area contributed by atoms with Crippen molar-refractivity contribution >= 4 is 35.3 Å². The summed E-state index contributed by atoms with van der Waals surface area (Å²) < 4.78 is 15.8. The van der Waals surface area contributed by atoms with E-state index in [1.165, 1.54) is 30.4 Å². The van der Waals surface area contributed by atoms with Gasteiger partial charge in [0, 0.05) is 24.0 Å². The van der Waals surface area contributed by atoms with Crippen molar-refractivity contribution in [2.45, 2.75) is 65.0 Å². The molecule has 0 spiro atoms. The molecule has 9 heteroatoms. The third kappa shape index (κ3) is 8.47. The largest absolute Gasteiger partial charge is 0.459 e. The monoisotopic (exact) mass is 449 g/mol. The lowest BCUT2D eigenvalue weighted by molar-refractivity contribution is -0.157. The number of esters is 3. The number of cyclic esters (lactones) is 3. The van der Waals surface area contributed by atoms with Gasteiger partial charge in [-0.15, -0.1) is 11.3 Å². The zero-order chi connectivity index (χ0) is 23.0. The molecule has 0 aromatic carbocycles. The molecule has 168 valence electrons. The third-order valence-corrected chi connectivity index (χ3v) is 5.17. The van der Waals surface area contributed by atoms with Gasteiger partial charge >= 0.3 is 17.9 Å². The minimum Gasteiger partial charge on any atom is -0.459 e. The lowest BCUT2D eigenvalue weighted by Crippen LogP contribution is -2.29. The number of aliphatic hydroxyl groups is 1. The summed E-state index contributed by atoms with van der Waals surface area (Å²) in [4.78, 5) is 40.6. The Morgan fingerprint density at radius 2 is 1.87 bits per heavy atom. The van der Waals surface area contributed by atoms with Gasteiger partial charge in [-0.1, -0.05) is 6.08 Å². The maximum atomic E-state index is 12.3. The molecule has 0 amide bonds. The summed E-state index contributed by atoms with van der Waals surface area (Å²) in [6.45, 7) is 6.77.